The average molecular weight is 388 g/mol. The molecule has 2 amide bonds. The van der Waals surface area contributed by atoms with Gasteiger partial charge in [0.1, 0.15) is 17.7 Å². The van der Waals surface area contributed by atoms with Crippen LogP contribution in [0.1, 0.15) is 37.6 Å². The van der Waals surface area contributed by atoms with E-state index in [1.54, 1.807) is 19.1 Å². The molecule has 0 spiro atoms. The number of nitrogens with one attached hydrogen (secondary N) is 3. The molecule has 2 aromatic rings. The first-order valence-electron chi connectivity index (χ1n) is 9.40. The van der Waals surface area contributed by atoms with Gasteiger partial charge in [0, 0.05) is 30.6 Å². The van der Waals surface area contributed by atoms with E-state index in [1.807, 2.05) is 11.8 Å². The summed E-state index contributed by atoms with van der Waals surface area (Å²) in [6.45, 7) is 5.11. The smallest absolute Gasteiger partial charge is 0.407 e. The predicted octanol–water partition coefficient (Wildman–Crippen LogP) is 1.74. The number of aromatic nitrogens is 3. The normalized spacial score (nSPS) is 20.1. The molecule has 1 unspecified atom stereocenters. The van der Waals surface area contributed by atoms with Gasteiger partial charge in [-0.25, -0.2) is 4.79 Å². The number of aromatic amines is 1. The lowest BCUT2D eigenvalue weighted by Gasteiger charge is -2.17. The quantitative estimate of drug-likeness (QED) is 0.688. The van der Waals surface area contributed by atoms with Crippen molar-refractivity contribution in [2.45, 2.75) is 51.2 Å². The van der Waals surface area contributed by atoms with Crippen LogP contribution in [0, 0.1) is 6.92 Å². The average Bonchev–Trinajstić information content (AvgIpc) is 3.05. The van der Waals surface area contributed by atoms with Gasteiger partial charge in [-0.2, -0.15) is 5.10 Å². The minimum Gasteiger partial charge on any atom is -0.444 e. The summed E-state index contributed by atoms with van der Waals surface area (Å²) >= 11 is 0. The maximum absolute atomic E-state index is 12.1. The van der Waals surface area contributed by atoms with Crippen LogP contribution >= 0.6 is 0 Å². The fraction of sp³-hybridized carbons (Fsp3) is 0.556. The van der Waals surface area contributed by atoms with Crippen molar-refractivity contribution < 1.29 is 18.8 Å². The number of amides is 2. The maximum Gasteiger partial charge on any atom is 0.407 e. The van der Waals surface area contributed by atoms with E-state index in [9.17, 15) is 9.59 Å². The maximum atomic E-state index is 12.1. The van der Waals surface area contributed by atoms with Gasteiger partial charge in [-0.1, -0.05) is 5.16 Å². The Morgan fingerprint density at radius 2 is 2.25 bits per heavy atom. The van der Waals surface area contributed by atoms with Crippen molar-refractivity contribution in [2.75, 3.05) is 23.3 Å². The summed E-state index contributed by atoms with van der Waals surface area (Å²) in [5.41, 5.74) is 0.645. The lowest BCUT2D eigenvalue weighted by atomic mass is 10.3. The number of hydrogen-bond donors (Lipinski definition) is 3. The van der Waals surface area contributed by atoms with Crippen LogP contribution in [-0.4, -0.2) is 52.1 Å². The second kappa shape index (κ2) is 7.17. The largest absolute Gasteiger partial charge is 0.444 e. The minimum absolute atomic E-state index is 0.0882. The number of aryl methyl sites for hydroxylation is 1. The molecule has 2 aromatic heterocycles. The van der Waals surface area contributed by atoms with Gasteiger partial charge in [0.05, 0.1) is 18.7 Å². The summed E-state index contributed by atoms with van der Waals surface area (Å²) in [5, 5.41) is 16.5. The van der Waals surface area contributed by atoms with Crippen molar-refractivity contribution in [3.63, 3.8) is 0 Å². The number of hydrogen-bond acceptors (Lipinski definition) is 7. The number of H-pyrrole nitrogens is 1. The number of anilines is 2. The number of carbonyl (C=O) groups is 2. The topological polar surface area (TPSA) is 125 Å². The first kappa shape index (κ1) is 18.3. The molecule has 4 rings (SSSR count). The molecule has 1 saturated heterocycles. The van der Waals surface area contributed by atoms with E-state index in [-0.39, 0.29) is 30.1 Å². The molecule has 10 heteroatoms. The molecule has 150 valence electrons. The second-order valence-electron chi connectivity index (χ2n) is 7.75. The number of rotatable bonds is 6. The molecule has 0 bridgehead atoms. The Kier molecular flexibility index (Phi) is 4.70. The van der Waals surface area contributed by atoms with Gasteiger partial charge in [0.2, 0.25) is 5.91 Å². The van der Waals surface area contributed by atoms with E-state index in [0.29, 0.717) is 23.9 Å². The van der Waals surface area contributed by atoms with E-state index in [0.717, 1.165) is 31.5 Å². The Hall–Kier alpha value is -3.04. The second-order valence-corrected chi connectivity index (χ2v) is 7.75. The molecule has 0 radical (unpaired) electrons. The van der Waals surface area contributed by atoms with Gasteiger partial charge < -0.3 is 24.8 Å². The van der Waals surface area contributed by atoms with Crippen molar-refractivity contribution in [2.24, 2.45) is 0 Å². The van der Waals surface area contributed by atoms with Gasteiger partial charge >= 0.3 is 6.09 Å². The number of ether oxygens (including phenoxy) is 1. The van der Waals surface area contributed by atoms with E-state index < -0.39 is 0 Å². The Balaban J connectivity index is 1.26. The van der Waals surface area contributed by atoms with Crippen molar-refractivity contribution in [3.05, 3.63) is 23.6 Å². The van der Waals surface area contributed by atoms with Gasteiger partial charge in [-0.05, 0) is 26.7 Å². The van der Waals surface area contributed by atoms with Gasteiger partial charge in [0.25, 0.3) is 0 Å². The van der Waals surface area contributed by atoms with Crippen LogP contribution in [0.2, 0.25) is 0 Å². The fourth-order valence-corrected chi connectivity index (χ4v) is 3.16. The highest BCUT2D eigenvalue weighted by molar-refractivity contribution is 5.91. The standard InChI is InChI=1S/C18H24N6O4/c1-11-7-13(28-23-11)8-16(25)19-14-9-15(22-21-14)24-6-3-12(10-24)27-17(26)20-18(2)4-5-18/h7,9,12H,3-6,8,10H2,1-2H3,(H,20,26)(H2,19,21,22,25). The third-order valence-corrected chi connectivity index (χ3v) is 5.00. The van der Waals surface area contributed by atoms with Crippen LogP contribution in [0.25, 0.3) is 0 Å². The number of carbonyl (C=O) groups excluding carboxylic acids is 2. The minimum atomic E-state index is -0.357. The summed E-state index contributed by atoms with van der Waals surface area (Å²) in [7, 11) is 0. The van der Waals surface area contributed by atoms with E-state index in [4.69, 9.17) is 9.26 Å². The summed E-state index contributed by atoms with van der Waals surface area (Å²) in [6, 6.07) is 3.49. The van der Waals surface area contributed by atoms with Crippen molar-refractivity contribution in [1.29, 1.82) is 0 Å². The first-order chi connectivity index (χ1) is 13.4. The third-order valence-electron chi connectivity index (χ3n) is 5.00. The molecule has 0 aromatic carbocycles. The molecule has 28 heavy (non-hydrogen) atoms. The molecule has 2 aliphatic rings. The highest BCUT2D eigenvalue weighted by Gasteiger charge is 2.40. The van der Waals surface area contributed by atoms with E-state index in [2.05, 4.69) is 26.0 Å². The van der Waals surface area contributed by atoms with Gasteiger partial charge in [-0.15, -0.1) is 0 Å². The van der Waals surface area contributed by atoms with Crippen molar-refractivity contribution in [1.82, 2.24) is 20.7 Å². The van der Waals surface area contributed by atoms with Crippen LogP contribution in [0.5, 0.6) is 0 Å². The van der Waals surface area contributed by atoms with Crippen molar-refractivity contribution in [3.8, 4) is 0 Å². The molecule has 1 aliphatic carbocycles. The Bertz CT molecular complexity index is 871. The Morgan fingerprint density at radius 3 is 2.96 bits per heavy atom. The Morgan fingerprint density at radius 1 is 1.43 bits per heavy atom. The molecule has 2 fully saturated rings. The molecule has 3 N–H and O–H groups in total. The van der Waals surface area contributed by atoms with Crippen LogP contribution in [0.4, 0.5) is 16.4 Å². The summed E-state index contributed by atoms with van der Waals surface area (Å²) in [6.07, 6.45) is 2.30. The van der Waals surface area contributed by atoms with Crippen LogP contribution in [-0.2, 0) is 16.0 Å². The predicted molar refractivity (Wildman–Crippen MR) is 100 cm³/mol. The number of nitrogens with zero attached hydrogens (tertiary/aromatic N) is 3. The zero-order chi connectivity index (χ0) is 19.7. The third kappa shape index (κ3) is 4.44. The van der Waals surface area contributed by atoms with E-state index >= 15 is 0 Å². The molecular weight excluding hydrogens is 364 g/mol. The van der Waals surface area contributed by atoms with Crippen LogP contribution in [0.3, 0.4) is 0 Å². The lowest BCUT2D eigenvalue weighted by Crippen LogP contribution is -2.37. The highest BCUT2D eigenvalue weighted by Crippen LogP contribution is 2.34. The van der Waals surface area contributed by atoms with Crippen LogP contribution < -0.4 is 15.5 Å². The zero-order valence-corrected chi connectivity index (χ0v) is 15.9. The monoisotopic (exact) mass is 388 g/mol. The number of alkyl carbamates (subject to hydrolysis) is 1. The SMILES string of the molecule is Cc1cc(CC(=O)Nc2cc(N3CCC(OC(=O)NC4(C)CC4)C3)n[nH]2)on1. The van der Waals surface area contributed by atoms with Gasteiger partial charge in [0.15, 0.2) is 5.82 Å². The summed E-state index contributed by atoms with van der Waals surface area (Å²) in [4.78, 5) is 26.0. The Labute approximate surface area is 162 Å². The summed E-state index contributed by atoms with van der Waals surface area (Å²) in [5.74, 6) is 1.48. The molecule has 1 saturated carbocycles. The van der Waals surface area contributed by atoms with Crippen LogP contribution in [0.15, 0.2) is 16.7 Å². The van der Waals surface area contributed by atoms with Crippen molar-refractivity contribution >= 4 is 23.6 Å². The molecule has 10 nitrogen and oxygen atoms in total. The molecule has 1 aliphatic heterocycles. The highest BCUT2D eigenvalue weighted by atomic mass is 16.6. The zero-order valence-electron chi connectivity index (χ0n) is 15.9. The summed E-state index contributed by atoms with van der Waals surface area (Å²) < 4.78 is 10.5. The fourth-order valence-electron chi connectivity index (χ4n) is 3.16. The van der Waals surface area contributed by atoms with E-state index in [1.165, 1.54) is 0 Å². The molecular formula is C18H24N6O4. The lowest BCUT2D eigenvalue weighted by molar-refractivity contribution is -0.115. The molecule has 3 heterocycles. The van der Waals surface area contributed by atoms with Gasteiger partial charge in [-0.3, -0.25) is 9.89 Å². The molecule has 1 atom stereocenters. The first-order valence-corrected chi connectivity index (χ1v) is 9.40.